The Morgan fingerprint density at radius 1 is 0.727 bits per heavy atom. The number of hydrogen-bond donors (Lipinski definition) is 10. The van der Waals surface area contributed by atoms with Crippen molar-refractivity contribution in [3.05, 3.63) is 0 Å². The highest BCUT2D eigenvalue weighted by Crippen LogP contribution is 2.31. The van der Waals surface area contributed by atoms with E-state index < -0.39 is 105 Å². The Hall–Kier alpha value is -0.520. The van der Waals surface area contributed by atoms with E-state index in [1.54, 1.807) is 6.92 Å². The summed E-state index contributed by atoms with van der Waals surface area (Å²) in [6.45, 7) is 2.16. The van der Waals surface area contributed by atoms with Crippen molar-refractivity contribution in [2.45, 2.75) is 106 Å². The Morgan fingerprint density at radius 2 is 1.39 bits per heavy atom. The molecular weight excluding hydrogens is 446 g/mol. The van der Waals surface area contributed by atoms with Crippen molar-refractivity contribution in [2.24, 2.45) is 5.92 Å². The van der Waals surface area contributed by atoms with Crippen LogP contribution in [0, 0.1) is 5.92 Å². The highest BCUT2D eigenvalue weighted by molar-refractivity contribution is 5.01. The number of aliphatic hydroxyl groups is 9. The van der Waals surface area contributed by atoms with Gasteiger partial charge in [-0.25, -0.2) is 0 Å². The second-order valence-electron chi connectivity index (χ2n) is 9.28. The Balaban J connectivity index is 1.67. The molecule has 0 amide bonds. The minimum absolute atomic E-state index is 0.0989. The van der Waals surface area contributed by atoms with Crippen LogP contribution in [0.1, 0.15) is 20.3 Å². The molecule has 2 heterocycles. The molecule has 0 spiro atoms. The number of rotatable bonds is 6. The van der Waals surface area contributed by atoms with Crippen LogP contribution in [0.25, 0.3) is 0 Å². The Labute approximate surface area is 191 Å². The van der Waals surface area contributed by atoms with Crippen LogP contribution in [0.2, 0.25) is 0 Å². The maximum absolute atomic E-state index is 10.7. The van der Waals surface area contributed by atoms with E-state index in [9.17, 15) is 46.0 Å². The SMILES string of the molecule is CC1OC(CO)C(OC2OC(C)C(NC3CC(CO)C(O)C(O)C3O)C(O)C2O)C(O)C1O. The molecule has 194 valence electrons. The molecule has 2 aliphatic heterocycles. The minimum atomic E-state index is -1.62. The largest absolute Gasteiger partial charge is 0.396 e. The average Bonchev–Trinajstić information content (AvgIpc) is 2.79. The summed E-state index contributed by atoms with van der Waals surface area (Å²) < 4.78 is 16.8. The highest BCUT2D eigenvalue weighted by Gasteiger charge is 2.51. The number of hydrogen-bond acceptors (Lipinski definition) is 13. The molecule has 13 nitrogen and oxygen atoms in total. The molecule has 0 aromatic rings. The van der Waals surface area contributed by atoms with Gasteiger partial charge < -0.3 is 65.5 Å². The van der Waals surface area contributed by atoms with Gasteiger partial charge in [-0.3, -0.25) is 0 Å². The van der Waals surface area contributed by atoms with Gasteiger partial charge in [0.1, 0.15) is 42.7 Å². The van der Waals surface area contributed by atoms with Crippen molar-refractivity contribution in [1.29, 1.82) is 0 Å². The van der Waals surface area contributed by atoms with Gasteiger partial charge >= 0.3 is 0 Å². The van der Waals surface area contributed by atoms with Gasteiger partial charge in [0.2, 0.25) is 0 Å². The third kappa shape index (κ3) is 5.35. The summed E-state index contributed by atoms with van der Waals surface area (Å²) in [7, 11) is 0. The summed E-state index contributed by atoms with van der Waals surface area (Å²) >= 11 is 0. The van der Waals surface area contributed by atoms with E-state index in [4.69, 9.17) is 14.2 Å². The smallest absolute Gasteiger partial charge is 0.187 e. The van der Waals surface area contributed by atoms with Gasteiger partial charge in [0.15, 0.2) is 6.29 Å². The molecule has 13 heteroatoms. The lowest BCUT2D eigenvalue weighted by Gasteiger charge is -2.48. The maximum atomic E-state index is 10.7. The Bertz CT molecular complexity index is 626. The van der Waals surface area contributed by atoms with Crippen molar-refractivity contribution in [1.82, 2.24) is 5.32 Å². The fourth-order valence-electron chi connectivity index (χ4n) is 4.89. The lowest BCUT2D eigenvalue weighted by atomic mass is 9.79. The molecule has 1 saturated carbocycles. The van der Waals surface area contributed by atoms with Crippen molar-refractivity contribution < 1.29 is 60.2 Å². The van der Waals surface area contributed by atoms with Gasteiger partial charge in [0, 0.05) is 18.6 Å². The average molecular weight is 484 g/mol. The number of ether oxygens (including phenoxy) is 3. The zero-order valence-electron chi connectivity index (χ0n) is 18.5. The predicted octanol–water partition coefficient (Wildman–Crippen LogP) is -5.24. The van der Waals surface area contributed by atoms with Crippen LogP contribution in [0.15, 0.2) is 0 Å². The van der Waals surface area contributed by atoms with Crippen LogP contribution < -0.4 is 5.32 Å². The first-order valence-electron chi connectivity index (χ1n) is 11.2. The summed E-state index contributed by atoms with van der Waals surface area (Å²) in [5, 5.41) is 94.2. The molecule has 3 aliphatic rings. The zero-order valence-corrected chi connectivity index (χ0v) is 18.5. The van der Waals surface area contributed by atoms with Crippen LogP contribution in [-0.4, -0.2) is 145 Å². The minimum Gasteiger partial charge on any atom is -0.396 e. The first-order valence-corrected chi connectivity index (χ1v) is 11.2. The summed E-state index contributed by atoms with van der Waals surface area (Å²) in [5.41, 5.74) is 0. The maximum Gasteiger partial charge on any atom is 0.187 e. The molecule has 0 bridgehead atoms. The van der Waals surface area contributed by atoms with Crippen LogP contribution in [0.4, 0.5) is 0 Å². The molecular formula is C20H37NO12. The molecule has 3 rings (SSSR count). The Morgan fingerprint density at radius 3 is 2.00 bits per heavy atom. The summed E-state index contributed by atoms with van der Waals surface area (Å²) in [4.78, 5) is 0. The van der Waals surface area contributed by atoms with Crippen molar-refractivity contribution in [2.75, 3.05) is 13.2 Å². The van der Waals surface area contributed by atoms with Gasteiger partial charge in [-0.05, 0) is 20.3 Å². The first-order chi connectivity index (χ1) is 15.5. The molecule has 15 atom stereocenters. The first kappa shape index (κ1) is 27.1. The second-order valence-corrected chi connectivity index (χ2v) is 9.28. The third-order valence-corrected chi connectivity index (χ3v) is 7.04. The quantitative estimate of drug-likeness (QED) is 0.171. The van der Waals surface area contributed by atoms with E-state index in [1.165, 1.54) is 6.92 Å². The Kier molecular flexibility index (Phi) is 9.05. The van der Waals surface area contributed by atoms with E-state index in [0.717, 1.165) is 0 Å². The summed E-state index contributed by atoms with van der Waals surface area (Å²) in [5.74, 6) is -0.698. The monoisotopic (exact) mass is 483 g/mol. The van der Waals surface area contributed by atoms with E-state index in [2.05, 4.69) is 5.32 Å². The lowest BCUT2D eigenvalue weighted by molar-refractivity contribution is -0.327. The van der Waals surface area contributed by atoms with Gasteiger partial charge in [-0.15, -0.1) is 0 Å². The molecule has 15 unspecified atom stereocenters. The molecule has 0 radical (unpaired) electrons. The summed E-state index contributed by atoms with van der Waals surface area (Å²) in [6.07, 6.45) is -15.2. The van der Waals surface area contributed by atoms with Gasteiger partial charge in [0.05, 0.1) is 37.1 Å². The molecule has 1 aliphatic carbocycles. The fourth-order valence-corrected chi connectivity index (χ4v) is 4.89. The standard InChI is InChI=1S/C20H37NO12/c1-6-11(21-9-3-8(4-22)13(25)16(28)14(9)26)15(27)18(30)20(32-6)33-19-10(5-23)31-7(2)12(24)17(19)29/h6-30H,3-5H2,1-2H3. The van der Waals surface area contributed by atoms with Gasteiger partial charge in [-0.2, -0.15) is 0 Å². The fraction of sp³-hybridized carbons (Fsp3) is 1.00. The second kappa shape index (κ2) is 11.0. The van der Waals surface area contributed by atoms with E-state index >= 15 is 0 Å². The normalized spacial score (nSPS) is 53.7. The van der Waals surface area contributed by atoms with Crippen LogP contribution in [-0.2, 0) is 14.2 Å². The van der Waals surface area contributed by atoms with E-state index in [1.807, 2.05) is 0 Å². The van der Waals surface area contributed by atoms with Gasteiger partial charge in [0.25, 0.3) is 0 Å². The molecule has 0 aromatic carbocycles. The molecule has 2 saturated heterocycles. The van der Waals surface area contributed by atoms with Crippen LogP contribution in [0.3, 0.4) is 0 Å². The van der Waals surface area contributed by atoms with Crippen molar-refractivity contribution >= 4 is 0 Å². The third-order valence-electron chi connectivity index (χ3n) is 7.04. The molecule has 33 heavy (non-hydrogen) atoms. The van der Waals surface area contributed by atoms with Crippen LogP contribution in [0.5, 0.6) is 0 Å². The molecule has 10 N–H and O–H groups in total. The molecule has 0 aromatic heterocycles. The van der Waals surface area contributed by atoms with Crippen LogP contribution >= 0.6 is 0 Å². The zero-order chi connectivity index (χ0) is 24.6. The van der Waals surface area contributed by atoms with E-state index in [-0.39, 0.29) is 6.42 Å². The lowest BCUT2D eigenvalue weighted by Crippen LogP contribution is -2.69. The van der Waals surface area contributed by atoms with Gasteiger partial charge in [-0.1, -0.05) is 0 Å². The number of nitrogens with one attached hydrogen (secondary N) is 1. The number of aliphatic hydroxyl groups excluding tert-OH is 9. The highest BCUT2D eigenvalue weighted by atomic mass is 16.7. The molecule has 3 fully saturated rings. The van der Waals surface area contributed by atoms with Crippen molar-refractivity contribution in [3.63, 3.8) is 0 Å². The van der Waals surface area contributed by atoms with E-state index in [0.29, 0.717) is 0 Å². The topological polar surface area (TPSA) is 222 Å². The summed E-state index contributed by atoms with van der Waals surface area (Å²) in [6, 6.07) is -1.74. The van der Waals surface area contributed by atoms with Crippen molar-refractivity contribution in [3.8, 4) is 0 Å². The predicted molar refractivity (Wildman–Crippen MR) is 109 cm³/mol.